The van der Waals surface area contributed by atoms with E-state index in [0.717, 1.165) is 0 Å². The predicted octanol–water partition coefficient (Wildman–Crippen LogP) is 2.62. The maximum atomic E-state index is 11.2. The summed E-state index contributed by atoms with van der Waals surface area (Å²) in [7, 11) is 0. The Balaban J connectivity index is 4.25. The number of carbonyl (C=O) groups excluding carboxylic acids is 1. The molecule has 0 fully saturated rings. The summed E-state index contributed by atoms with van der Waals surface area (Å²) in [5.74, 6) is -0.406. The van der Waals surface area contributed by atoms with Crippen molar-refractivity contribution in [2.24, 2.45) is 11.3 Å². The van der Waals surface area contributed by atoms with Crippen LogP contribution in [0.5, 0.6) is 0 Å². The lowest BCUT2D eigenvalue weighted by Crippen LogP contribution is -2.21. The van der Waals surface area contributed by atoms with Gasteiger partial charge in [0.1, 0.15) is 0 Å². The first kappa shape index (κ1) is 9.56. The first-order valence-corrected chi connectivity index (χ1v) is 4.39. The third-order valence-electron chi connectivity index (χ3n) is 2.04. The molecule has 2 nitrogen and oxygen atoms in total. The number of ether oxygens (including phenoxy) is 1. The van der Waals surface area contributed by atoms with E-state index in [-0.39, 0.29) is 11.3 Å². The van der Waals surface area contributed by atoms with Crippen LogP contribution in [0.3, 0.4) is 0 Å². The van der Waals surface area contributed by atoms with Crippen molar-refractivity contribution in [3.63, 3.8) is 0 Å². The molecule has 0 amide bonds. The van der Waals surface area contributed by atoms with Gasteiger partial charge in [0.15, 0.2) is 0 Å². The highest BCUT2D eigenvalue weighted by atomic mass is 16.5. The molecule has 0 aliphatic heterocycles. The topological polar surface area (TPSA) is 26.3 Å². The van der Waals surface area contributed by atoms with Crippen molar-refractivity contribution in [3.05, 3.63) is 0 Å². The molecule has 0 spiro atoms. The molecule has 0 aromatic carbocycles. The molecule has 0 unspecified atom stereocenters. The number of hydrogen-bond acceptors (Lipinski definition) is 2. The summed E-state index contributed by atoms with van der Waals surface area (Å²) in [6.45, 7) is 10.1. The summed E-state index contributed by atoms with van der Waals surface area (Å²) in [4.78, 5) is 11.2. The highest BCUT2D eigenvalue weighted by Crippen LogP contribution is 2.28. The second-order valence-electron chi connectivity index (χ2n) is 4.07. The van der Waals surface area contributed by atoms with Crippen molar-refractivity contribution < 1.29 is 10.9 Å². The summed E-state index contributed by atoms with van der Waals surface area (Å²) in [6, 6.07) is 0. The Hall–Kier alpha value is -0.530. The smallest absolute Gasteiger partial charge is 0.306 e. The maximum absolute atomic E-state index is 11.2. The van der Waals surface area contributed by atoms with Gasteiger partial charge in [0, 0.05) is 7.77 Å². The molecule has 0 aromatic rings. The molecule has 0 N–H and O–H groups in total. The van der Waals surface area contributed by atoms with Crippen LogP contribution in [0.15, 0.2) is 0 Å². The Morgan fingerprint density at radius 1 is 1.58 bits per heavy atom. The maximum Gasteiger partial charge on any atom is 0.306 e. The van der Waals surface area contributed by atoms with Gasteiger partial charge in [0.25, 0.3) is 0 Å². The van der Waals surface area contributed by atoms with Crippen LogP contribution in [0.2, 0.25) is 0 Å². The Bertz CT molecular complexity index is 172. The van der Waals surface area contributed by atoms with Crippen molar-refractivity contribution in [2.45, 2.75) is 41.0 Å². The minimum absolute atomic E-state index is 0.00606. The summed E-state index contributed by atoms with van der Waals surface area (Å²) < 4.78 is 12.5. The Labute approximate surface area is 76.7 Å². The summed E-state index contributed by atoms with van der Waals surface area (Å²) in [5, 5.41) is 0. The van der Waals surface area contributed by atoms with Gasteiger partial charge in [-0.15, -0.1) is 0 Å². The fraction of sp³-hybridized carbons (Fsp3) is 0.900. The van der Waals surface area contributed by atoms with E-state index < -0.39 is 12.4 Å². The first-order valence-electron chi connectivity index (χ1n) is 4.97. The number of carbonyl (C=O) groups is 1. The third-order valence-corrected chi connectivity index (χ3v) is 2.04. The zero-order valence-electron chi connectivity index (χ0n) is 9.68. The van der Waals surface area contributed by atoms with Crippen LogP contribution in [-0.2, 0) is 9.53 Å². The molecule has 0 bridgehead atoms. The fourth-order valence-electron chi connectivity index (χ4n) is 0.644. The Kier molecular flexibility index (Phi) is 3.57. The van der Waals surface area contributed by atoms with Gasteiger partial charge < -0.3 is 4.74 Å². The highest BCUT2D eigenvalue weighted by molar-refractivity contribution is 5.69. The van der Waals surface area contributed by atoms with Gasteiger partial charge in [-0.2, -0.15) is 0 Å². The zero-order valence-corrected chi connectivity index (χ0v) is 8.68. The molecule has 0 saturated carbocycles. The number of esters is 1. The van der Waals surface area contributed by atoms with Crippen molar-refractivity contribution in [2.75, 3.05) is 6.61 Å². The van der Waals surface area contributed by atoms with E-state index in [0.29, 0.717) is 6.61 Å². The van der Waals surface area contributed by atoms with Gasteiger partial charge in [-0.1, -0.05) is 27.7 Å². The minimum atomic E-state index is -0.764. The lowest BCUT2D eigenvalue weighted by Gasteiger charge is -2.26. The van der Waals surface area contributed by atoms with Gasteiger partial charge in [-0.05, 0) is 18.3 Å². The SMILES string of the molecule is [2H][C@H](C(=O)OCC)[C@H](C)C(C)(C)C. The van der Waals surface area contributed by atoms with Crippen LogP contribution in [0.4, 0.5) is 0 Å². The molecule has 0 rings (SSSR count). The van der Waals surface area contributed by atoms with Gasteiger partial charge >= 0.3 is 5.97 Å². The molecule has 0 aliphatic rings. The van der Waals surface area contributed by atoms with E-state index in [1.54, 1.807) is 6.92 Å². The van der Waals surface area contributed by atoms with Gasteiger partial charge in [0.05, 0.1) is 6.61 Å². The molecular weight excluding hydrogens is 152 g/mol. The van der Waals surface area contributed by atoms with Gasteiger partial charge in [0.2, 0.25) is 0 Å². The molecule has 2 atom stereocenters. The lowest BCUT2D eigenvalue weighted by molar-refractivity contribution is -0.145. The van der Waals surface area contributed by atoms with E-state index in [9.17, 15) is 4.79 Å². The molecule has 0 aromatic heterocycles. The standard InChI is InChI=1S/C10H20O2/c1-6-12-9(11)7-8(2)10(3,4)5/h8H,6-7H2,1-5H3/t8-/m0/s1/i7D/t7-,8-. The summed E-state index contributed by atoms with van der Waals surface area (Å²) >= 11 is 0. The van der Waals surface area contributed by atoms with Crippen LogP contribution in [0, 0.1) is 11.3 Å². The van der Waals surface area contributed by atoms with Crippen molar-refractivity contribution in [1.82, 2.24) is 0 Å². The largest absolute Gasteiger partial charge is 0.466 e. The van der Waals surface area contributed by atoms with E-state index in [2.05, 4.69) is 0 Å². The molecule has 12 heavy (non-hydrogen) atoms. The molecule has 72 valence electrons. The predicted molar refractivity (Wildman–Crippen MR) is 49.9 cm³/mol. The monoisotopic (exact) mass is 173 g/mol. The second kappa shape index (κ2) is 4.48. The van der Waals surface area contributed by atoms with Crippen molar-refractivity contribution >= 4 is 5.97 Å². The van der Waals surface area contributed by atoms with Crippen LogP contribution in [0.25, 0.3) is 0 Å². The van der Waals surface area contributed by atoms with E-state index in [4.69, 9.17) is 6.11 Å². The van der Waals surface area contributed by atoms with Gasteiger partial charge in [-0.25, -0.2) is 0 Å². The minimum Gasteiger partial charge on any atom is -0.466 e. The van der Waals surface area contributed by atoms with Crippen LogP contribution < -0.4 is 0 Å². The number of rotatable bonds is 3. The quantitative estimate of drug-likeness (QED) is 0.613. The van der Waals surface area contributed by atoms with E-state index >= 15 is 0 Å². The molecule has 0 saturated heterocycles. The first-order chi connectivity index (χ1) is 5.80. The molecule has 0 radical (unpaired) electrons. The third kappa shape index (κ3) is 4.37. The molecule has 0 aliphatic carbocycles. The van der Waals surface area contributed by atoms with Crippen molar-refractivity contribution in [3.8, 4) is 0 Å². The summed E-state index contributed by atoms with van der Waals surface area (Å²) in [6.07, 6.45) is -0.764. The Morgan fingerprint density at radius 2 is 2.08 bits per heavy atom. The van der Waals surface area contributed by atoms with Crippen molar-refractivity contribution in [1.29, 1.82) is 0 Å². The highest BCUT2D eigenvalue weighted by Gasteiger charge is 2.22. The normalized spacial score (nSPS) is 17.9. The number of hydrogen-bond donors (Lipinski definition) is 0. The second-order valence-corrected chi connectivity index (χ2v) is 4.07. The molecule has 2 heteroatoms. The van der Waals surface area contributed by atoms with E-state index in [1.807, 2.05) is 27.7 Å². The lowest BCUT2D eigenvalue weighted by atomic mass is 9.80. The molecule has 0 heterocycles. The van der Waals surface area contributed by atoms with Crippen LogP contribution in [-0.4, -0.2) is 12.6 Å². The fourth-order valence-corrected chi connectivity index (χ4v) is 0.644. The van der Waals surface area contributed by atoms with E-state index in [1.165, 1.54) is 0 Å². The Morgan fingerprint density at radius 3 is 2.42 bits per heavy atom. The average Bonchev–Trinajstić information content (AvgIpc) is 2.00. The van der Waals surface area contributed by atoms with Crippen LogP contribution in [0.1, 0.15) is 42.4 Å². The summed E-state index contributed by atoms with van der Waals surface area (Å²) in [5.41, 5.74) is -0.0286. The average molecular weight is 173 g/mol. The van der Waals surface area contributed by atoms with Crippen LogP contribution >= 0.6 is 0 Å². The van der Waals surface area contributed by atoms with Gasteiger partial charge in [-0.3, -0.25) is 4.79 Å². The molecular formula is C10H20O2. The zero-order chi connectivity index (χ0) is 10.6.